The minimum absolute atomic E-state index is 0.212. The number of carbonyl (C=O) groups excluding carboxylic acids is 3. The van der Waals surface area contributed by atoms with Gasteiger partial charge < -0.3 is 15.0 Å². The average Bonchev–Trinajstić information content (AvgIpc) is 3.24. The smallest absolute Gasteiger partial charge is 0.341 e. The number of amides is 2. The molecule has 0 fully saturated rings. The van der Waals surface area contributed by atoms with Crippen molar-refractivity contribution in [2.24, 2.45) is 0 Å². The lowest BCUT2D eigenvalue weighted by Gasteiger charge is -2.38. The Labute approximate surface area is 207 Å². The monoisotopic (exact) mass is 494 g/mol. The van der Waals surface area contributed by atoms with Crippen LogP contribution in [0.25, 0.3) is 11.1 Å². The Bertz CT molecular complexity index is 1250. The number of para-hydroxylation sites is 1. The van der Waals surface area contributed by atoms with Crippen LogP contribution in [-0.2, 0) is 14.3 Å². The summed E-state index contributed by atoms with van der Waals surface area (Å²) >= 11 is 2.48. The molecule has 0 bridgehead atoms. The SMILES string of the molecule is CCOC(=O)c1c(-c2ccc(C)cc2)csc1NC(=O)C1(C)Sc2ccccc2N(CC)C1=O. The summed E-state index contributed by atoms with van der Waals surface area (Å²) < 4.78 is 3.92. The van der Waals surface area contributed by atoms with E-state index >= 15 is 0 Å². The number of nitrogens with one attached hydrogen (secondary N) is 1. The van der Waals surface area contributed by atoms with E-state index in [0.29, 0.717) is 22.7 Å². The number of thioether (sulfide) groups is 1. The van der Waals surface area contributed by atoms with E-state index in [1.165, 1.54) is 23.1 Å². The van der Waals surface area contributed by atoms with Crippen molar-refractivity contribution in [3.05, 3.63) is 65.0 Å². The third-order valence-corrected chi connectivity index (χ3v) is 7.96. The molecule has 3 aromatic rings. The van der Waals surface area contributed by atoms with Crippen LogP contribution in [-0.4, -0.2) is 35.7 Å². The lowest BCUT2D eigenvalue weighted by Crippen LogP contribution is -2.54. The number of rotatable bonds is 6. The lowest BCUT2D eigenvalue weighted by atomic mass is 10.0. The van der Waals surface area contributed by atoms with Crippen molar-refractivity contribution in [1.29, 1.82) is 0 Å². The number of hydrogen-bond acceptors (Lipinski definition) is 6. The quantitative estimate of drug-likeness (QED) is 0.348. The van der Waals surface area contributed by atoms with Gasteiger partial charge in [-0.1, -0.05) is 53.7 Å². The van der Waals surface area contributed by atoms with E-state index < -0.39 is 16.6 Å². The molecule has 0 aliphatic carbocycles. The van der Waals surface area contributed by atoms with Gasteiger partial charge in [0.05, 0.1) is 12.3 Å². The molecule has 1 aliphatic heterocycles. The first kappa shape index (κ1) is 24.0. The molecule has 2 heterocycles. The Balaban J connectivity index is 1.71. The largest absolute Gasteiger partial charge is 0.462 e. The van der Waals surface area contributed by atoms with Crippen molar-refractivity contribution in [1.82, 2.24) is 0 Å². The number of nitrogens with zero attached hydrogens (tertiary/aromatic N) is 1. The van der Waals surface area contributed by atoms with Crippen LogP contribution in [0.5, 0.6) is 0 Å². The van der Waals surface area contributed by atoms with Gasteiger partial charge in [-0.2, -0.15) is 0 Å². The van der Waals surface area contributed by atoms with Gasteiger partial charge in [-0.15, -0.1) is 11.3 Å². The highest BCUT2D eigenvalue weighted by Crippen LogP contribution is 2.46. The Morgan fingerprint density at radius 1 is 1.09 bits per heavy atom. The molecular weight excluding hydrogens is 468 g/mol. The van der Waals surface area contributed by atoms with Gasteiger partial charge in [0.1, 0.15) is 10.6 Å². The Morgan fingerprint density at radius 3 is 2.47 bits per heavy atom. The molecule has 0 saturated carbocycles. The number of anilines is 2. The van der Waals surface area contributed by atoms with Gasteiger partial charge >= 0.3 is 5.97 Å². The van der Waals surface area contributed by atoms with Crippen molar-refractivity contribution in [2.45, 2.75) is 37.3 Å². The summed E-state index contributed by atoms with van der Waals surface area (Å²) in [4.78, 5) is 42.4. The molecule has 4 rings (SSSR count). The number of aryl methyl sites for hydroxylation is 1. The molecule has 1 aliphatic rings. The van der Waals surface area contributed by atoms with E-state index in [1.54, 1.807) is 18.7 Å². The number of hydrogen-bond donors (Lipinski definition) is 1. The standard InChI is InChI=1S/C26H26N2O4S2/c1-5-28-19-9-7-8-10-20(19)34-26(4,25(28)31)24(30)27-22-21(23(29)32-6-2)18(15-33-22)17-13-11-16(3)12-14-17/h7-15H,5-6H2,1-4H3,(H,27,30). The highest BCUT2D eigenvalue weighted by molar-refractivity contribution is 8.02. The number of carbonyl (C=O) groups is 3. The predicted octanol–water partition coefficient (Wildman–Crippen LogP) is 5.76. The summed E-state index contributed by atoms with van der Waals surface area (Å²) in [5, 5.41) is 5.08. The van der Waals surface area contributed by atoms with Crippen LogP contribution in [0.15, 0.2) is 58.8 Å². The number of thiophene rings is 1. The fourth-order valence-electron chi connectivity index (χ4n) is 3.88. The highest BCUT2D eigenvalue weighted by Gasteiger charge is 2.49. The molecule has 1 aromatic heterocycles. The van der Waals surface area contributed by atoms with E-state index in [1.807, 2.05) is 67.8 Å². The van der Waals surface area contributed by atoms with Crippen molar-refractivity contribution in [2.75, 3.05) is 23.4 Å². The van der Waals surface area contributed by atoms with Crippen LogP contribution >= 0.6 is 23.1 Å². The second kappa shape index (κ2) is 9.64. The summed E-state index contributed by atoms with van der Waals surface area (Å²) in [5.41, 5.74) is 3.74. The van der Waals surface area contributed by atoms with E-state index in [4.69, 9.17) is 4.74 Å². The molecule has 1 atom stereocenters. The summed E-state index contributed by atoms with van der Waals surface area (Å²) in [6.45, 7) is 7.91. The molecule has 1 N–H and O–H groups in total. The molecule has 34 heavy (non-hydrogen) atoms. The van der Waals surface area contributed by atoms with Gasteiger partial charge in [0, 0.05) is 22.4 Å². The summed E-state index contributed by atoms with van der Waals surface area (Å²) in [6, 6.07) is 15.4. The van der Waals surface area contributed by atoms with E-state index in [9.17, 15) is 14.4 Å². The Kier molecular flexibility index (Phi) is 6.81. The van der Waals surface area contributed by atoms with Gasteiger partial charge in [-0.05, 0) is 45.4 Å². The second-order valence-electron chi connectivity index (χ2n) is 8.05. The third kappa shape index (κ3) is 4.23. The molecule has 0 saturated heterocycles. The molecule has 2 aromatic carbocycles. The number of esters is 1. The molecule has 0 radical (unpaired) electrons. The zero-order valence-corrected chi connectivity index (χ0v) is 21.1. The zero-order chi connectivity index (χ0) is 24.5. The van der Waals surface area contributed by atoms with Gasteiger partial charge in [-0.3, -0.25) is 9.59 Å². The zero-order valence-electron chi connectivity index (χ0n) is 19.5. The topological polar surface area (TPSA) is 75.7 Å². The predicted molar refractivity (Wildman–Crippen MR) is 138 cm³/mol. The maximum Gasteiger partial charge on any atom is 0.341 e. The highest BCUT2D eigenvalue weighted by atomic mass is 32.2. The molecular formula is C26H26N2O4S2. The molecule has 6 nitrogen and oxygen atoms in total. The van der Waals surface area contributed by atoms with Crippen molar-refractivity contribution >= 4 is 51.6 Å². The minimum atomic E-state index is -1.38. The van der Waals surface area contributed by atoms with E-state index in [2.05, 4.69) is 5.32 Å². The first-order valence-corrected chi connectivity index (χ1v) is 12.8. The summed E-state index contributed by atoms with van der Waals surface area (Å²) in [6.07, 6.45) is 0. The first-order valence-electron chi connectivity index (χ1n) is 11.1. The maximum absolute atomic E-state index is 13.6. The molecule has 0 spiro atoms. The number of fused-ring (bicyclic) bond motifs is 1. The molecule has 8 heteroatoms. The Morgan fingerprint density at radius 2 is 1.79 bits per heavy atom. The van der Waals surface area contributed by atoms with Crippen LogP contribution in [0.3, 0.4) is 0 Å². The normalized spacial score (nSPS) is 17.3. The summed E-state index contributed by atoms with van der Waals surface area (Å²) in [7, 11) is 0. The van der Waals surface area contributed by atoms with Crippen molar-refractivity contribution in [3.8, 4) is 11.1 Å². The van der Waals surface area contributed by atoms with Gasteiger partial charge in [-0.25, -0.2) is 4.79 Å². The van der Waals surface area contributed by atoms with Gasteiger partial charge in [0.2, 0.25) is 0 Å². The molecule has 1 unspecified atom stereocenters. The van der Waals surface area contributed by atoms with Crippen molar-refractivity contribution < 1.29 is 19.1 Å². The number of benzene rings is 2. The van der Waals surface area contributed by atoms with Crippen LogP contribution in [0.4, 0.5) is 10.7 Å². The fraction of sp³-hybridized carbons (Fsp3) is 0.269. The van der Waals surface area contributed by atoms with Crippen molar-refractivity contribution in [3.63, 3.8) is 0 Å². The third-order valence-electron chi connectivity index (χ3n) is 5.73. The maximum atomic E-state index is 13.6. The lowest BCUT2D eigenvalue weighted by molar-refractivity contribution is -0.128. The second-order valence-corrected chi connectivity index (χ2v) is 10.4. The van der Waals surface area contributed by atoms with Crippen LogP contribution in [0.1, 0.15) is 36.7 Å². The van der Waals surface area contributed by atoms with Gasteiger partial charge in [0.15, 0.2) is 4.75 Å². The van der Waals surface area contributed by atoms with Crippen LogP contribution < -0.4 is 10.2 Å². The summed E-state index contributed by atoms with van der Waals surface area (Å²) in [5.74, 6) is -1.27. The van der Waals surface area contributed by atoms with Gasteiger partial charge in [0.25, 0.3) is 11.8 Å². The Hall–Kier alpha value is -3.10. The molecule has 176 valence electrons. The van der Waals surface area contributed by atoms with Crippen LogP contribution in [0, 0.1) is 6.92 Å². The number of ether oxygens (including phenoxy) is 1. The van der Waals surface area contributed by atoms with Crippen LogP contribution in [0.2, 0.25) is 0 Å². The first-order chi connectivity index (χ1) is 16.3. The average molecular weight is 495 g/mol. The fourth-order valence-corrected chi connectivity index (χ4v) is 6.04. The molecule has 2 amide bonds. The minimum Gasteiger partial charge on any atom is -0.462 e. The van der Waals surface area contributed by atoms with E-state index in [0.717, 1.165) is 21.7 Å². The van der Waals surface area contributed by atoms with E-state index in [-0.39, 0.29) is 12.5 Å².